The molecule has 2 aliphatic heterocycles. The first-order valence-corrected chi connectivity index (χ1v) is 11.1. The van der Waals surface area contributed by atoms with Crippen LogP contribution in [0.2, 0.25) is 0 Å². The van der Waals surface area contributed by atoms with E-state index in [1.165, 1.54) is 0 Å². The van der Waals surface area contributed by atoms with Crippen molar-refractivity contribution in [3.8, 4) is 11.5 Å². The van der Waals surface area contributed by atoms with Crippen LogP contribution in [0.15, 0.2) is 78.9 Å². The molecule has 4 heteroatoms. The van der Waals surface area contributed by atoms with E-state index in [0.29, 0.717) is 11.3 Å². The summed E-state index contributed by atoms with van der Waals surface area (Å²) in [6.45, 7) is 6.15. The fraction of sp³-hybridized carbons (Fsp3) is 0.179. The number of fused-ring (bicyclic) bond motifs is 8. The Morgan fingerprint density at radius 2 is 1.53 bits per heavy atom. The number of ether oxygens (including phenoxy) is 2. The molecule has 0 radical (unpaired) electrons. The van der Waals surface area contributed by atoms with E-state index in [1.54, 1.807) is 0 Å². The second-order valence-electron chi connectivity index (χ2n) is 8.23. The van der Waals surface area contributed by atoms with Gasteiger partial charge in [0, 0.05) is 29.9 Å². The summed E-state index contributed by atoms with van der Waals surface area (Å²) in [5.74, 6) is 1.13. The predicted octanol–water partition coefficient (Wildman–Crippen LogP) is 6.25. The van der Waals surface area contributed by atoms with Crippen LogP contribution in [-0.2, 0) is 10.3 Å². The Morgan fingerprint density at radius 1 is 0.812 bits per heavy atom. The van der Waals surface area contributed by atoms with E-state index in [1.807, 2.05) is 54.6 Å². The average molecular weight is 421 g/mol. The highest BCUT2D eigenvalue weighted by molar-refractivity contribution is 6.00. The van der Waals surface area contributed by atoms with Gasteiger partial charge in [-0.25, -0.2) is 4.79 Å². The van der Waals surface area contributed by atoms with Crippen molar-refractivity contribution in [1.29, 1.82) is 0 Å². The Kier molecular flexibility index (Phi) is 4.06. The average Bonchev–Trinajstić information content (AvgIpc) is 3.12. The molecule has 1 atom stereocenters. The van der Waals surface area contributed by atoms with Crippen molar-refractivity contribution in [2.24, 2.45) is 0 Å². The number of rotatable bonds is 3. The molecular formula is C28H23NO3. The lowest BCUT2D eigenvalue weighted by molar-refractivity contribution is 0.0229. The fourth-order valence-electron chi connectivity index (χ4n) is 5.22. The number of esters is 1. The van der Waals surface area contributed by atoms with Crippen molar-refractivity contribution in [3.63, 3.8) is 0 Å². The van der Waals surface area contributed by atoms with Crippen LogP contribution in [0.1, 0.15) is 40.9 Å². The highest BCUT2D eigenvalue weighted by Crippen LogP contribution is 2.57. The van der Waals surface area contributed by atoms with Gasteiger partial charge in [0.2, 0.25) is 0 Å². The van der Waals surface area contributed by atoms with Crippen molar-refractivity contribution in [3.05, 3.63) is 101 Å². The van der Waals surface area contributed by atoms with E-state index in [9.17, 15) is 4.79 Å². The summed E-state index contributed by atoms with van der Waals surface area (Å²) in [6.07, 6.45) is 0. The normalized spacial score (nSPS) is 18.0. The summed E-state index contributed by atoms with van der Waals surface area (Å²) in [6, 6.07) is 26.1. The first-order valence-electron chi connectivity index (χ1n) is 11.1. The maximum absolute atomic E-state index is 13.1. The topological polar surface area (TPSA) is 38.8 Å². The fourth-order valence-corrected chi connectivity index (χ4v) is 5.22. The second kappa shape index (κ2) is 6.86. The lowest BCUT2D eigenvalue weighted by atomic mass is 9.76. The van der Waals surface area contributed by atoms with E-state index in [2.05, 4.69) is 43.0 Å². The molecule has 0 bridgehead atoms. The van der Waals surface area contributed by atoms with Gasteiger partial charge in [0.05, 0.1) is 11.1 Å². The maximum Gasteiger partial charge on any atom is 0.340 e. The number of anilines is 1. The minimum Gasteiger partial charge on any atom is -0.456 e. The zero-order valence-electron chi connectivity index (χ0n) is 18.1. The first-order chi connectivity index (χ1) is 15.7. The predicted molar refractivity (Wildman–Crippen MR) is 126 cm³/mol. The molecule has 4 nitrogen and oxygen atoms in total. The standard InChI is InChI=1S/C28H23NO3/c1-3-29(4-2)19-15-13-18-14-16-25-26(21(18)17-19)28(23-11-7-8-12-24(23)31-25)22-10-6-5-9-20(22)27(30)32-28/h5-17H,3-4H2,1-2H3. The third kappa shape index (κ3) is 2.41. The number of para-hydroxylation sites is 1. The van der Waals surface area contributed by atoms with Crippen LogP contribution in [0.4, 0.5) is 5.69 Å². The number of benzene rings is 4. The van der Waals surface area contributed by atoms with E-state index in [-0.39, 0.29) is 5.97 Å². The van der Waals surface area contributed by atoms with Crippen molar-refractivity contribution in [2.75, 3.05) is 18.0 Å². The third-order valence-electron chi connectivity index (χ3n) is 6.71. The quantitative estimate of drug-likeness (QED) is 0.366. The van der Waals surface area contributed by atoms with Crippen LogP contribution in [0.3, 0.4) is 0 Å². The lowest BCUT2D eigenvalue weighted by Crippen LogP contribution is -2.33. The summed E-state index contributed by atoms with van der Waals surface area (Å²) >= 11 is 0. The Labute approximate surface area is 187 Å². The molecule has 0 saturated carbocycles. The summed E-state index contributed by atoms with van der Waals surface area (Å²) in [5.41, 5.74) is 3.31. The Morgan fingerprint density at radius 3 is 2.34 bits per heavy atom. The van der Waals surface area contributed by atoms with Crippen LogP contribution in [0.25, 0.3) is 10.8 Å². The summed E-state index contributed by atoms with van der Waals surface area (Å²) in [4.78, 5) is 15.4. The van der Waals surface area contributed by atoms with E-state index < -0.39 is 5.60 Å². The molecule has 0 amide bonds. The monoisotopic (exact) mass is 421 g/mol. The van der Waals surface area contributed by atoms with Gasteiger partial charge in [0.1, 0.15) is 11.5 Å². The van der Waals surface area contributed by atoms with Crippen LogP contribution in [0, 0.1) is 0 Å². The molecule has 0 fully saturated rings. The zero-order valence-corrected chi connectivity index (χ0v) is 18.1. The number of nitrogens with zero attached hydrogens (tertiary/aromatic N) is 1. The Hall–Kier alpha value is -3.79. The molecule has 1 spiro atoms. The van der Waals surface area contributed by atoms with Crippen molar-refractivity contribution in [2.45, 2.75) is 19.4 Å². The molecule has 4 aromatic rings. The minimum atomic E-state index is -1.04. The van der Waals surface area contributed by atoms with Crippen molar-refractivity contribution < 1.29 is 14.3 Å². The van der Waals surface area contributed by atoms with Gasteiger partial charge in [-0.15, -0.1) is 0 Å². The van der Waals surface area contributed by atoms with Crippen molar-refractivity contribution >= 4 is 22.4 Å². The number of carbonyl (C=O) groups excluding carboxylic acids is 1. The Balaban J connectivity index is 1.74. The number of hydrogen-bond acceptors (Lipinski definition) is 4. The molecule has 158 valence electrons. The van der Waals surface area contributed by atoms with Gasteiger partial charge in [-0.2, -0.15) is 0 Å². The highest BCUT2D eigenvalue weighted by Gasteiger charge is 2.54. The van der Waals surface area contributed by atoms with Crippen LogP contribution >= 0.6 is 0 Å². The molecule has 6 rings (SSSR count). The number of carbonyl (C=O) groups is 1. The van der Waals surface area contributed by atoms with Gasteiger partial charge in [-0.1, -0.05) is 48.5 Å². The first kappa shape index (κ1) is 18.9. The van der Waals surface area contributed by atoms with E-state index >= 15 is 0 Å². The smallest absolute Gasteiger partial charge is 0.340 e. The Bertz CT molecular complexity index is 1390. The largest absolute Gasteiger partial charge is 0.456 e. The molecule has 2 aliphatic rings. The molecular weight excluding hydrogens is 398 g/mol. The molecule has 2 heterocycles. The molecule has 0 saturated heterocycles. The van der Waals surface area contributed by atoms with E-state index in [4.69, 9.17) is 9.47 Å². The zero-order chi connectivity index (χ0) is 21.9. The second-order valence-corrected chi connectivity index (χ2v) is 8.23. The molecule has 32 heavy (non-hydrogen) atoms. The highest BCUT2D eigenvalue weighted by atomic mass is 16.6. The van der Waals surface area contributed by atoms with Crippen molar-refractivity contribution in [1.82, 2.24) is 0 Å². The van der Waals surface area contributed by atoms with Gasteiger partial charge in [-0.3, -0.25) is 0 Å². The summed E-state index contributed by atoms with van der Waals surface area (Å²) < 4.78 is 12.7. The SMILES string of the molecule is CCN(CC)c1ccc2ccc3c(c2c1)C1(OC(=O)c2ccccc21)c1ccccc1O3. The molecule has 4 aromatic carbocycles. The lowest BCUT2D eigenvalue weighted by Gasteiger charge is -2.37. The van der Waals surface area contributed by atoms with Gasteiger partial charge in [0.15, 0.2) is 5.60 Å². The van der Waals surface area contributed by atoms with Gasteiger partial charge >= 0.3 is 5.97 Å². The van der Waals surface area contributed by atoms with Gasteiger partial charge in [-0.05, 0) is 55.0 Å². The van der Waals surface area contributed by atoms with Crippen LogP contribution < -0.4 is 9.64 Å². The maximum atomic E-state index is 13.1. The minimum absolute atomic E-state index is 0.305. The summed E-state index contributed by atoms with van der Waals surface area (Å²) in [7, 11) is 0. The number of hydrogen-bond donors (Lipinski definition) is 0. The third-order valence-corrected chi connectivity index (χ3v) is 6.71. The van der Waals surface area contributed by atoms with Gasteiger partial charge < -0.3 is 14.4 Å². The van der Waals surface area contributed by atoms with E-state index in [0.717, 1.165) is 52.0 Å². The van der Waals surface area contributed by atoms with Crippen LogP contribution in [-0.4, -0.2) is 19.1 Å². The molecule has 0 N–H and O–H groups in total. The molecule has 0 aliphatic carbocycles. The van der Waals surface area contributed by atoms with Crippen LogP contribution in [0.5, 0.6) is 11.5 Å². The molecule has 0 aromatic heterocycles. The summed E-state index contributed by atoms with van der Waals surface area (Å²) in [5, 5.41) is 2.12. The van der Waals surface area contributed by atoms with Gasteiger partial charge in [0.25, 0.3) is 0 Å². The molecule has 1 unspecified atom stereocenters.